The smallest absolute Gasteiger partial charge is 0.429 e. The zero-order valence-corrected chi connectivity index (χ0v) is 22.1. The molecule has 0 heterocycles. The zero-order valence-electron chi connectivity index (χ0n) is 22.1. The number of halogens is 5. The van der Waals surface area contributed by atoms with Gasteiger partial charge in [-0.3, -0.25) is 0 Å². The van der Waals surface area contributed by atoms with Gasteiger partial charge in [-0.2, -0.15) is 8.78 Å². The highest BCUT2D eigenvalue weighted by molar-refractivity contribution is 5.33. The SMILES string of the molecule is CCCC1CCC(C2CCC(CCc3ccc(C(F)(F)Oc4ccc(OC(F)(F)F)cc4)cc3)CC2)CC1. The third kappa shape index (κ3) is 8.34. The highest BCUT2D eigenvalue weighted by atomic mass is 19.4. The first-order valence-corrected chi connectivity index (χ1v) is 14.1. The summed E-state index contributed by atoms with van der Waals surface area (Å²) in [5.74, 6) is 2.73. The van der Waals surface area contributed by atoms with Crippen LogP contribution in [0, 0.1) is 23.7 Å². The summed E-state index contributed by atoms with van der Waals surface area (Å²) in [7, 11) is 0. The number of alkyl halides is 5. The second-order valence-corrected chi connectivity index (χ2v) is 11.2. The predicted molar refractivity (Wildman–Crippen MR) is 138 cm³/mol. The first-order valence-electron chi connectivity index (χ1n) is 14.1. The number of ether oxygens (including phenoxy) is 2. The minimum absolute atomic E-state index is 0.252. The first kappa shape index (κ1) is 28.7. The molecule has 210 valence electrons. The largest absolute Gasteiger partial charge is 0.573 e. The van der Waals surface area contributed by atoms with Crippen molar-refractivity contribution in [2.75, 3.05) is 0 Å². The molecular formula is C31H39F5O2. The second-order valence-electron chi connectivity index (χ2n) is 11.2. The maximum atomic E-state index is 14.6. The average Bonchev–Trinajstić information content (AvgIpc) is 2.89. The normalized spacial score (nSPS) is 24.7. The fourth-order valence-corrected chi connectivity index (χ4v) is 6.46. The first-order chi connectivity index (χ1) is 18.1. The molecule has 0 amide bonds. The quantitative estimate of drug-likeness (QED) is 0.280. The van der Waals surface area contributed by atoms with E-state index in [0.717, 1.165) is 60.4 Å². The Morgan fingerprint density at radius 3 is 1.58 bits per heavy atom. The molecule has 0 unspecified atom stereocenters. The summed E-state index contributed by atoms with van der Waals surface area (Å²) in [4.78, 5) is 0. The topological polar surface area (TPSA) is 18.5 Å². The van der Waals surface area contributed by atoms with Gasteiger partial charge in [0.25, 0.3) is 0 Å². The molecule has 0 radical (unpaired) electrons. The molecule has 2 aliphatic rings. The molecular weight excluding hydrogens is 499 g/mol. The van der Waals surface area contributed by atoms with Crippen molar-refractivity contribution in [3.63, 3.8) is 0 Å². The average molecular weight is 539 g/mol. The minimum atomic E-state index is -4.85. The van der Waals surface area contributed by atoms with Gasteiger partial charge in [-0.15, -0.1) is 13.2 Å². The van der Waals surface area contributed by atoms with Gasteiger partial charge in [0.2, 0.25) is 0 Å². The maximum absolute atomic E-state index is 14.6. The molecule has 0 atom stereocenters. The van der Waals surface area contributed by atoms with Gasteiger partial charge in [0.05, 0.1) is 5.56 Å². The van der Waals surface area contributed by atoms with Crippen LogP contribution in [0.3, 0.4) is 0 Å². The number of aryl methyl sites for hydroxylation is 1. The lowest BCUT2D eigenvalue weighted by Gasteiger charge is -2.38. The van der Waals surface area contributed by atoms with Gasteiger partial charge in [-0.05, 0) is 104 Å². The minimum Gasteiger partial charge on any atom is -0.429 e. The Bertz CT molecular complexity index is 971. The van der Waals surface area contributed by atoms with E-state index in [0.29, 0.717) is 5.92 Å². The summed E-state index contributed by atoms with van der Waals surface area (Å²) in [6.45, 7) is 2.29. The Morgan fingerprint density at radius 1 is 0.632 bits per heavy atom. The van der Waals surface area contributed by atoms with Crippen LogP contribution in [-0.4, -0.2) is 6.36 Å². The third-order valence-electron chi connectivity index (χ3n) is 8.58. The van der Waals surface area contributed by atoms with Gasteiger partial charge in [-0.1, -0.05) is 57.6 Å². The predicted octanol–water partition coefficient (Wildman–Crippen LogP) is 10.1. The highest BCUT2D eigenvalue weighted by Crippen LogP contribution is 2.43. The molecule has 2 nitrogen and oxygen atoms in total. The molecule has 38 heavy (non-hydrogen) atoms. The van der Waals surface area contributed by atoms with E-state index in [2.05, 4.69) is 11.7 Å². The van der Waals surface area contributed by atoms with Gasteiger partial charge >= 0.3 is 12.5 Å². The number of benzene rings is 2. The zero-order chi connectivity index (χ0) is 27.2. The van der Waals surface area contributed by atoms with Crippen molar-refractivity contribution in [1.29, 1.82) is 0 Å². The molecule has 2 aliphatic carbocycles. The molecule has 0 aromatic heterocycles. The van der Waals surface area contributed by atoms with Crippen LogP contribution >= 0.6 is 0 Å². The van der Waals surface area contributed by atoms with E-state index in [1.165, 1.54) is 76.3 Å². The van der Waals surface area contributed by atoms with Crippen LogP contribution < -0.4 is 9.47 Å². The Labute approximate surface area is 222 Å². The second kappa shape index (κ2) is 12.7. The lowest BCUT2D eigenvalue weighted by Crippen LogP contribution is -2.26. The van der Waals surface area contributed by atoms with E-state index in [-0.39, 0.29) is 11.3 Å². The summed E-state index contributed by atoms with van der Waals surface area (Å²) in [6.07, 6.45) is 7.06. The van der Waals surface area contributed by atoms with E-state index in [9.17, 15) is 22.0 Å². The molecule has 2 aromatic carbocycles. The molecule has 7 heteroatoms. The van der Waals surface area contributed by atoms with Crippen LogP contribution in [0.5, 0.6) is 11.5 Å². The van der Waals surface area contributed by atoms with E-state index in [1.807, 2.05) is 0 Å². The van der Waals surface area contributed by atoms with Gasteiger partial charge in [0, 0.05) is 0 Å². The van der Waals surface area contributed by atoms with Crippen LogP contribution in [0.4, 0.5) is 22.0 Å². The van der Waals surface area contributed by atoms with E-state index < -0.39 is 18.2 Å². The van der Waals surface area contributed by atoms with E-state index in [4.69, 9.17) is 4.74 Å². The Balaban J connectivity index is 1.20. The molecule has 2 aromatic rings. The Hall–Kier alpha value is -2.31. The van der Waals surface area contributed by atoms with Crippen LogP contribution in [0.25, 0.3) is 0 Å². The van der Waals surface area contributed by atoms with E-state index in [1.54, 1.807) is 12.1 Å². The summed E-state index contributed by atoms with van der Waals surface area (Å²) < 4.78 is 74.6. The Kier molecular flexibility index (Phi) is 9.59. The fourth-order valence-electron chi connectivity index (χ4n) is 6.46. The molecule has 4 rings (SSSR count). The molecule has 0 spiro atoms. The van der Waals surface area contributed by atoms with Crippen LogP contribution in [0.15, 0.2) is 48.5 Å². The van der Waals surface area contributed by atoms with Gasteiger partial charge in [0.15, 0.2) is 0 Å². The monoisotopic (exact) mass is 538 g/mol. The van der Waals surface area contributed by atoms with Crippen LogP contribution in [0.1, 0.15) is 88.7 Å². The molecule has 2 saturated carbocycles. The number of rotatable bonds is 10. The van der Waals surface area contributed by atoms with Gasteiger partial charge in [-0.25, -0.2) is 0 Å². The summed E-state index contributed by atoms with van der Waals surface area (Å²) in [6, 6.07) is 10.1. The van der Waals surface area contributed by atoms with Crippen molar-refractivity contribution in [2.45, 2.75) is 96.4 Å². The molecule has 0 saturated heterocycles. The lowest BCUT2D eigenvalue weighted by atomic mass is 9.68. The van der Waals surface area contributed by atoms with E-state index >= 15 is 0 Å². The fraction of sp³-hybridized carbons (Fsp3) is 0.613. The standard InChI is InChI=1S/C31H39F5O2/c1-2-3-22-6-12-25(13-7-22)26-14-8-23(9-15-26)4-5-24-10-16-27(17-11-24)30(32,33)37-28-18-20-29(21-19-28)38-31(34,35)36/h10-11,16-23,25-26H,2-9,12-15H2,1H3. The lowest BCUT2D eigenvalue weighted by molar-refractivity contribution is -0.274. The summed E-state index contributed by atoms with van der Waals surface area (Å²) in [5, 5.41) is 0. The van der Waals surface area contributed by atoms with Gasteiger partial charge in [0.1, 0.15) is 11.5 Å². The Morgan fingerprint density at radius 2 is 1.11 bits per heavy atom. The van der Waals surface area contributed by atoms with Crippen LogP contribution in [0.2, 0.25) is 0 Å². The molecule has 0 bridgehead atoms. The van der Waals surface area contributed by atoms with Crippen molar-refractivity contribution in [3.05, 3.63) is 59.7 Å². The van der Waals surface area contributed by atoms with Crippen molar-refractivity contribution in [2.24, 2.45) is 23.7 Å². The number of hydrogen-bond acceptors (Lipinski definition) is 2. The van der Waals surface area contributed by atoms with Crippen molar-refractivity contribution in [1.82, 2.24) is 0 Å². The summed E-state index contributed by atoms with van der Waals surface area (Å²) >= 11 is 0. The van der Waals surface area contributed by atoms with Gasteiger partial charge < -0.3 is 9.47 Å². The highest BCUT2D eigenvalue weighted by Gasteiger charge is 2.35. The summed E-state index contributed by atoms with van der Waals surface area (Å²) in [5.41, 5.74) is 0.723. The maximum Gasteiger partial charge on any atom is 0.573 e. The molecule has 2 fully saturated rings. The third-order valence-corrected chi connectivity index (χ3v) is 8.58. The van der Waals surface area contributed by atoms with Crippen molar-refractivity contribution >= 4 is 0 Å². The number of hydrogen-bond donors (Lipinski definition) is 0. The molecule has 0 aliphatic heterocycles. The van der Waals surface area contributed by atoms with Crippen molar-refractivity contribution < 1.29 is 31.4 Å². The van der Waals surface area contributed by atoms with Crippen LogP contribution in [-0.2, 0) is 12.5 Å². The molecule has 0 N–H and O–H groups in total. The van der Waals surface area contributed by atoms with Crippen molar-refractivity contribution in [3.8, 4) is 11.5 Å².